The summed E-state index contributed by atoms with van der Waals surface area (Å²) in [7, 11) is -22.7. The summed E-state index contributed by atoms with van der Waals surface area (Å²) in [6.07, 6.45) is 12.5. The number of aliphatic hydroxyl groups is 1. The maximum atomic E-state index is 11.9. The standard InChI is InChI=1S/C14H27O6P.C11H21N2O6P.C11H23O6P.2C11H21O6P.C10H17NO3/c1-11(2)5-6-12(15)7-8-13(16)9-10-14(3,4)20-21(17,18)19;1-6(2)8-10(15)12-7(9(14)13-8)5-11(3,4)19-20(16,17)18;3*1-9(2)3-4-10(12)5-6-11(13)7-8-17-18(14,15)16;12-9(6-7-10(13)11-14)8-4-2-1-3-5-8/h11H,5-10H2,1-4H3,(H2,17,18,19);6-8H,5H2,1-4H3,(H,12,15)(H,13,14)(H2,16,17,18);9-10,12H,3-8H2,1-2H3,(H2,14,15,16);2*9H,3-8H2,1-2H3,(H2,14,15,16);8,14H,1-7H2,(H,11,13). The van der Waals surface area contributed by atoms with E-state index < -0.39 is 74.4 Å². The number of rotatable bonds is 50. The van der Waals surface area contributed by atoms with E-state index >= 15 is 0 Å². The molecule has 2 aliphatic rings. The zero-order valence-corrected chi connectivity index (χ0v) is 70.5. The number of carbonyl (C=O) groups excluding carboxylic acids is 11. The second kappa shape index (κ2) is 58.1. The van der Waals surface area contributed by atoms with Crippen molar-refractivity contribution in [2.75, 3.05) is 19.8 Å². The number of hydrogen-bond donors (Lipinski definition) is 15. The lowest BCUT2D eigenvalue weighted by Crippen LogP contribution is -2.64. The molecule has 3 atom stereocenters. The normalized spacial score (nSPS) is 15.4. The topological polar surface area (TPSA) is 598 Å². The fourth-order valence-electron chi connectivity index (χ4n) is 9.73. The molecular weight excluding hydrogens is 1540 g/mol. The largest absolute Gasteiger partial charge is 0.470 e. The Hall–Kier alpha value is -3.76. The number of nitrogens with one attached hydrogen (secondary N) is 3. The van der Waals surface area contributed by atoms with E-state index in [4.69, 9.17) is 54.1 Å². The zero-order chi connectivity index (χ0) is 85.3. The number of hydroxylamine groups is 1. The molecule has 36 nitrogen and oxygen atoms in total. The van der Waals surface area contributed by atoms with Crippen LogP contribution in [0, 0.1) is 35.5 Å². The van der Waals surface area contributed by atoms with E-state index in [1.54, 1.807) is 0 Å². The van der Waals surface area contributed by atoms with E-state index in [-0.39, 0.29) is 186 Å². The fraction of sp³-hybridized carbons (Fsp3) is 0.838. The van der Waals surface area contributed by atoms with Gasteiger partial charge in [0.2, 0.25) is 17.7 Å². The van der Waals surface area contributed by atoms with Crippen LogP contribution < -0.4 is 16.1 Å². The van der Waals surface area contributed by atoms with E-state index in [9.17, 15) is 80.7 Å². The van der Waals surface area contributed by atoms with Crippen LogP contribution in [0.15, 0.2) is 0 Å². The van der Waals surface area contributed by atoms with Gasteiger partial charge < -0.3 is 64.7 Å². The summed E-state index contributed by atoms with van der Waals surface area (Å²) in [5, 5.41) is 23.0. The summed E-state index contributed by atoms with van der Waals surface area (Å²) in [5.74, 6) is 0.526. The first-order valence-electron chi connectivity index (χ1n) is 36.7. The van der Waals surface area contributed by atoms with Crippen LogP contribution in [0.3, 0.4) is 0 Å². The van der Waals surface area contributed by atoms with Gasteiger partial charge in [-0.3, -0.25) is 80.6 Å². The van der Waals surface area contributed by atoms with Gasteiger partial charge >= 0.3 is 39.1 Å². The summed E-state index contributed by atoms with van der Waals surface area (Å²) >= 11 is 0. The molecule has 0 radical (unpaired) electrons. The second-order valence-electron chi connectivity index (χ2n) is 30.0. The molecule has 15 N–H and O–H groups in total. The molecule has 0 aromatic rings. The van der Waals surface area contributed by atoms with Crippen molar-refractivity contribution in [3.8, 4) is 0 Å². The summed E-state index contributed by atoms with van der Waals surface area (Å²) in [6, 6.07) is -1.47. The third-order valence-corrected chi connectivity index (χ3v) is 18.9. The minimum Gasteiger partial charge on any atom is -0.393 e. The lowest BCUT2D eigenvalue weighted by molar-refractivity contribution is -0.139. The Kier molecular flexibility index (Phi) is 59.5. The number of ketones is 8. The van der Waals surface area contributed by atoms with E-state index in [0.29, 0.717) is 55.8 Å². The van der Waals surface area contributed by atoms with Gasteiger partial charge in [-0.2, -0.15) is 0 Å². The molecule has 3 unspecified atom stereocenters. The van der Waals surface area contributed by atoms with E-state index in [1.807, 2.05) is 55.4 Å². The number of amides is 3. The lowest BCUT2D eigenvalue weighted by Gasteiger charge is -2.35. The second-order valence-corrected chi connectivity index (χ2v) is 36.0. The first-order valence-corrected chi connectivity index (χ1v) is 44.3. The summed E-state index contributed by atoms with van der Waals surface area (Å²) in [6.45, 7) is 25.0. The van der Waals surface area contributed by atoms with Crippen molar-refractivity contribution in [1.82, 2.24) is 16.1 Å². The van der Waals surface area contributed by atoms with Crippen LogP contribution in [-0.2, 0) is 98.2 Å². The molecule has 1 saturated carbocycles. The number of phosphoric ester groups is 5. The Bertz CT molecular complexity index is 2920. The molecule has 2 rings (SSSR count). The molecule has 1 aliphatic carbocycles. The van der Waals surface area contributed by atoms with Gasteiger partial charge in [0, 0.05) is 115 Å². The van der Waals surface area contributed by atoms with Crippen LogP contribution in [0.5, 0.6) is 0 Å². The molecule has 41 heteroatoms. The number of piperazine rings is 1. The van der Waals surface area contributed by atoms with Crippen LogP contribution in [0.4, 0.5) is 0 Å². The molecule has 3 amide bonds. The number of hydrogen-bond acceptors (Lipinski definition) is 23. The molecule has 0 spiro atoms. The number of Topliss-reactive ketones (excluding diaryl/α,β-unsaturated/α-hetero) is 8. The maximum absolute atomic E-state index is 11.9. The molecule has 640 valence electrons. The van der Waals surface area contributed by atoms with Gasteiger partial charge in [0.1, 0.15) is 58.3 Å². The van der Waals surface area contributed by atoms with Gasteiger partial charge in [0.15, 0.2) is 0 Å². The van der Waals surface area contributed by atoms with Gasteiger partial charge in [-0.1, -0.05) is 88.5 Å². The van der Waals surface area contributed by atoms with Gasteiger partial charge in [0.25, 0.3) is 0 Å². The van der Waals surface area contributed by atoms with Gasteiger partial charge in [-0.05, 0) is 115 Å². The Morgan fingerprint density at radius 1 is 0.413 bits per heavy atom. The highest BCUT2D eigenvalue weighted by Gasteiger charge is 2.40. The smallest absolute Gasteiger partial charge is 0.393 e. The van der Waals surface area contributed by atoms with Gasteiger partial charge in [0.05, 0.1) is 37.1 Å². The summed E-state index contributed by atoms with van der Waals surface area (Å²) < 4.78 is 74.4. The lowest BCUT2D eigenvalue weighted by atomic mass is 9.85. The molecule has 0 bridgehead atoms. The highest BCUT2D eigenvalue weighted by Crippen LogP contribution is 2.44. The van der Waals surface area contributed by atoms with Crippen LogP contribution in [0.1, 0.15) is 283 Å². The fourth-order valence-corrected chi connectivity index (χ4v) is 12.2. The Balaban J connectivity index is -0.000000609. The summed E-state index contributed by atoms with van der Waals surface area (Å²) in [5.41, 5.74) is -0.792. The van der Waals surface area contributed by atoms with Crippen LogP contribution in [0.25, 0.3) is 0 Å². The van der Waals surface area contributed by atoms with Crippen LogP contribution >= 0.6 is 39.1 Å². The van der Waals surface area contributed by atoms with Crippen molar-refractivity contribution in [3.63, 3.8) is 0 Å². The molecule has 2 fully saturated rings. The number of phosphoric acid groups is 5. The number of aliphatic hydroxyl groups excluding tert-OH is 1. The Morgan fingerprint density at radius 2 is 0.743 bits per heavy atom. The molecule has 0 aromatic carbocycles. The maximum Gasteiger partial charge on any atom is 0.470 e. The van der Waals surface area contributed by atoms with Gasteiger partial charge in [-0.25, -0.2) is 28.3 Å². The first-order chi connectivity index (χ1) is 49.7. The van der Waals surface area contributed by atoms with Crippen molar-refractivity contribution in [3.05, 3.63) is 0 Å². The minimum atomic E-state index is -4.66. The van der Waals surface area contributed by atoms with E-state index in [2.05, 4.69) is 47.1 Å². The van der Waals surface area contributed by atoms with E-state index in [0.717, 1.165) is 51.4 Å². The monoisotopic (exact) mass is 1670 g/mol. The van der Waals surface area contributed by atoms with Crippen molar-refractivity contribution in [2.24, 2.45) is 35.5 Å². The highest BCUT2D eigenvalue weighted by molar-refractivity contribution is 7.47. The molecule has 1 saturated heterocycles. The quantitative estimate of drug-likeness (QED) is 0.0153. The SMILES string of the molecule is CC(C)C1NC(=O)C(CC(C)(C)OP(=O)(O)O)NC1=O.CC(C)CCC(=O)CCC(=O)CCC(C)(C)OP(=O)(O)O.CC(C)CCC(=O)CCC(=O)CCOP(=O)(O)O.CC(C)CCC(=O)CCC(=O)CCOP(=O)(O)O.CC(C)CCC(O)CCC(=O)CCOP(=O)(O)O.O=C(CCC(=O)C1CCCCC1)NO. The van der Waals surface area contributed by atoms with Gasteiger partial charge in [-0.15, -0.1) is 0 Å². The van der Waals surface area contributed by atoms with Crippen molar-refractivity contribution >= 4 is 103 Å². The van der Waals surface area contributed by atoms with E-state index in [1.165, 1.54) is 39.6 Å². The molecule has 1 heterocycles. The van der Waals surface area contributed by atoms with Crippen LogP contribution in [0.2, 0.25) is 0 Å². The predicted molar refractivity (Wildman–Crippen MR) is 400 cm³/mol. The molecule has 1 aliphatic heterocycles. The average Bonchev–Trinajstić information content (AvgIpc) is 0.817. The van der Waals surface area contributed by atoms with Crippen molar-refractivity contribution < 1.29 is 157 Å². The third kappa shape index (κ3) is 76.6. The number of carbonyl (C=O) groups is 11. The third-order valence-electron chi connectivity index (χ3n) is 15.9. The molecular formula is C68H130N3O33P5. The van der Waals surface area contributed by atoms with Crippen LogP contribution in [-0.4, -0.2) is 172 Å². The summed E-state index contributed by atoms with van der Waals surface area (Å²) in [4.78, 5) is 211. The molecule has 109 heavy (non-hydrogen) atoms. The average molecular weight is 1670 g/mol. The Labute approximate surface area is 641 Å². The zero-order valence-electron chi connectivity index (χ0n) is 66.0. The first kappa shape index (κ1) is 112. The minimum absolute atomic E-state index is 0.0397. The van der Waals surface area contributed by atoms with Crippen molar-refractivity contribution in [2.45, 2.75) is 313 Å². The molecule has 0 aromatic heterocycles. The van der Waals surface area contributed by atoms with Crippen molar-refractivity contribution in [1.29, 1.82) is 0 Å². The Morgan fingerprint density at radius 3 is 1.07 bits per heavy atom. The predicted octanol–water partition coefficient (Wildman–Crippen LogP) is 9.65. The highest BCUT2D eigenvalue weighted by atomic mass is 31.2.